The third-order valence-corrected chi connectivity index (χ3v) is 7.91. The van der Waals surface area contributed by atoms with Crippen molar-refractivity contribution in [2.75, 3.05) is 13.2 Å². The van der Waals surface area contributed by atoms with Gasteiger partial charge in [-0.05, 0) is 78.7 Å². The van der Waals surface area contributed by atoms with E-state index in [0.717, 1.165) is 29.7 Å². The van der Waals surface area contributed by atoms with Crippen molar-refractivity contribution in [3.63, 3.8) is 0 Å². The van der Waals surface area contributed by atoms with Gasteiger partial charge in [-0.25, -0.2) is 14.3 Å². The first-order valence-electron chi connectivity index (χ1n) is 15.0. The number of nitrogens with zero attached hydrogens (tertiary/aromatic N) is 6. The van der Waals surface area contributed by atoms with E-state index < -0.39 is 23.9 Å². The highest BCUT2D eigenvalue weighted by Gasteiger charge is 2.32. The summed E-state index contributed by atoms with van der Waals surface area (Å²) < 4.78 is 7.09. The highest BCUT2D eigenvalue weighted by Crippen LogP contribution is 2.34. The molecule has 4 aromatic rings. The van der Waals surface area contributed by atoms with Crippen LogP contribution in [0.5, 0.6) is 0 Å². The third kappa shape index (κ3) is 6.58. The number of azide groups is 1. The van der Waals surface area contributed by atoms with Crippen molar-refractivity contribution >= 4 is 17.8 Å². The molecule has 1 unspecified atom stereocenters. The molecule has 1 amide bonds. The summed E-state index contributed by atoms with van der Waals surface area (Å²) in [5.74, 6) is -2.27. The van der Waals surface area contributed by atoms with Crippen LogP contribution in [0.2, 0.25) is 0 Å². The van der Waals surface area contributed by atoms with E-state index in [1.165, 1.54) is 12.1 Å². The van der Waals surface area contributed by atoms with Crippen LogP contribution in [-0.2, 0) is 24.1 Å². The minimum atomic E-state index is -1.22. The minimum Gasteiger partial charge on any atom is -0.478 e. The van der Waals surface area contributed by atoms with Gasteiger partial charge in [0.1, 0.15) is 0 Å². The van der Waals surface area contributed by atoms with Crippen molar-refractivity contribution in [3.8, 4) is 16.8 Å². The Morgan fingerprint density at radius 2 is 1.73 bits per heavy atom. The molecule has 1 aliphatic rings. The van der Waals surface area contributed by atoms with Gasteiger partial charge in [-0.1, -0.05) is 60.9 Å². The maximum absolute atomic E-state index is 14.2. The summed E-state index contributed by atoms with van der Waals surface area (Å²) in [6, 6.07) is 21.1. The number of benzene rings is 3. The Morgan fingerprint density at radius 1 is 1.02 bits per heavy atom. The van der Waals surface area contributed by atoms with Crippen molar-refractivity contribution in [1.82, 2.24) is 14.7 Å². The number of esters is 1. The number of carboxylic acids is 1. The van der Waals surface area contributed by atoms with Crippen LogP contribution >= 0.6 is 0 Å². The summed E-state index contributed by atoms with van der Waals surface area (Å²) in [5.41, 5.74) is 13.4. The molecule has 0 aliphatic carbocycles. The van der Waals surface area contributed by atoms with Crippen LogP contribution < -0.4 is 0 Å². The summed E-state index contributed by atoms with van der Waals surface area (Å²) in [6.07, 6.45) is 2.69. The molecule has 45 heavy (non-hydrogen) atoms. The van der Waals surface area contributed by atoms with Crippen molar-refractivity contribution < 1.29 is 24.2 Å². The first-order chi connectivity index (χ1) is 21.9. The highest BCUT2D eigenvalue weighted by molar-refractivity contribution is 6.02. The zero-order valence-corrected chi connectivity index (χ0v) is 25.2. The van der Waals surface area contributed by atoms with Gasteiger partial charge in [0.25, 0.3) is 5.91 Å². The van der Waals surface area contributed by atoms with E-state index in [1.54, 1.807) is 22.6 Å². The van der Waals surface area contributed by atoms with Crippen LogP contribution in [0.25, 0.3) is 27.3 Å². The first kappa shape index (κ1) is 31.0. The van der Waals surface area contributed by atoms with Gasteiger partial charge in [0.2, 0.25) is 0 Å². The number of hydrogen-bond acceptors (Lipinski definition) is 6. The molecule has 230 valence electrons. The Labute approximate surface area is 260 Å². The van der Waals surface area contributed by atoms with E-state index in [-0.39, 0.29) is 36.5 Å². The number of rotatable bonds is 11. The molecule has 0 radical (unpaired) electrons. The van der Waals surface area contributed by atoms with Crippen molar-refractivity contribution in [2.45, 2.75) is 52.1 Å². The van der Waals surface area contributed by atoms with E-state index in [1.807, 2.05) is 54.6 Å². The number of unbranched alkanes of at least 4 members (excludes halogenated alkanes) is 1. The number of carboxylic acid groups (broad SMARTS) is 1. The summed E-state index contributed by atoms with van der Waals surface area (Å²) in [5, 5.41) is 18.6. The molecule has 0 spiro atoms. The molecule has 2 heterocycles. The lowest BCUT2D eigenvalue weighted by Gasteiger charge is -2.36. The standard InChI is InChI=1S/C34H34N6O5/c1-3-5-15-29-30(31(34(44)45-4-2)37-40(29)27-13-7-6-8-14-27)24-16-25(18-26(17-24)33(42)43)32(41)39-21-23-12-10-9-11-22(23)19-28(39)20-36-38-35/h6-14,16-18,28H,3-5,15,19-21H2,1-2H3,(H,42,43). The van der Waals surface area contributed by atoms with E-state index in [0.29, 0.717) is 29.7 Å². The summed E-state index contributed by atoms with van der Waals surface area (Å²) in [4.78, 5) is 44.5. The second-order valence-electron chi connectivity index (χ2n) is 10.8. The van der Waals surface area contributed by atoms with Crippen LogP contribution in [-0.4, -0.2) is 56.8 Å². The van der Waals surface area contributed by atoms with Gasteiger partial charge in [-0.15, -0.1) is 0 Å². The third-order valence-electron chi connectivity index (χ3n) is 7.91. The topological polar surface area (TPSA) is 150 Å². The average Bonchev–Trinajstić information content (AvgIpc) is 3.45. The number of hydrogen-bond donors (Lipinski definition) is 1. The fourth-order valence-electron chi connectivity index (χ4n) is 5.76. The van der Waals surface area contributed by atoms with E-state index in [2.05, 4.69) is 16.9 Å². The Hall–Kier alpha value is -5.41. The second-order valence-corrected chi connectivity index (χ2v) is 10.8. The number of aromatic carboxylic acids is 1. The van der Waals surface area contributed by atoms with Crippen LogP contribution in [0.3, 0.4) is 0 Å². The molecule has 0 bridgehead atoms. The number of aromatic nitrogens is 2. The van der Waals surface area contributed by atoms with Gasteiger partial charge < -0.3 is 14.7 Å². The highest BCUT2D eigenvalue weighted by atomic mass is 16.5. The van der Waals surface area contributed by atoms with E-state index >= 15 is 0 Å². The predicted molar refractivity (Wildman–Crippen MR) is 168 cm³/mol. The maximum Gasteiger partial charge on any atom is 0.359 e. The molecule has 1 aliphatic heterocycles. The van der Waals surface area contributed by atoms with Gasteiger partial charge in [0.05, 0.1) is 23.6 Å². The number of amides is 1. The maximum atomic E-state index is 14.2. The summed E-state index contributed by atoms with van der Waals surface area (Å²) in [6.45, 7) is 4.23. The molecule has 5 rings (SSSR count). The molecule has 0 saturated carbocycles. The van der Waals surface area contributed by atoms with E-state index in [9.17, 15) is 19.5 Å². The van der Waals surface area contributed by atoms with E-state index in [4.69, 9.17) is 15.4 Å². The quantitative estimate of drug-likeness (QED) is 0.0875. The summed E-state index contributed by atoms with van der Waals surface area (Å²) in [7, 11) is 0. The average molecular weight is 607 g/mol. The molecule has 11 nitrogen and oxygen atoms in total. The zero-order valence-electron chi connectivity index (χ0n) is 25.2. The molecule has 11 heteroatoms. The SMILES string of the molecule is CCCCc1c(-c2cc(C(=O)O)cc(C(=O)N3Cc4ccccc4CC3CN=[N+]=[N-])c2)c(C(=O)OCC)nn1-c1ccccc1. The van der Waals surface area contributed by atoms with Gasteiger partial charge in [0, 0.05) is 35.2 Å². The monoisotopic (exact) mass is 606 g/mol. The Balaban J connectivity index is 1.69. The smallest absolute Gasteiger partial charge is 0.359 e. The van der Waals surface area contributed by atoms with Crippen molar-refractivity contribution in [1.29, 1.82) is 0 Å². The van der Waals surface area contributed by atoms with Crippen LogP contribution in [0.1, 0.15) is 74.7 Å². The fourth-order valence-corrected chi connectivity index (χ4v) is 5.76. The lowest BCUT2D eigenvalue weighted by Crippen LogP contribution is -2.46. The predicted octanol–water partition coefficient (Wildman–Crippen LogP) is 6.63. The number of carbonyl (C=O) groups is 3. The summed E-state index contributed by atoms with van der Waals surface area (Å²) >= 11 is 0. The Kier molecular flexibility index (Phi) is 9.60. The Bertz CT molecular complexity index is 1780. The molecule has 1 aromatic heterocycles. The van der Waals surface area contributed by atoms with Crippen LogP contribution in [0.15, 0.2) is 77.9 Å². The molecule has 3 aromatic carbocycles. The normalized spacial score (nSPS) is 13.9. The molecule has 1 N–H and O–H groups in total. The van der Waals surface area contributed by atoms with Crippen LogP contribution in [0.4, 0.5) is 0 Å². The van der Waals surface area contributed by atoms with Gasteiger partial charge >= 0.3 is 11.9 Å². The minimum absolute atomic E-state index is 0.0425. The van der Waals surface area contributed by atoms with Gasteiger partial charge in [-0.3, -0.25) is 4.79 Å². The number of carbonyl (C=O) groups excluding carboxylic acids is 2. The number of fused-ring (bicyclic) bond motifs is 1. The number of ether oxygens (including phenoxy) is 1. The number of para-hydroxylation sites is 1. The molecule has 0 fully saturated rings. The van der Waals surface area contributed by atoms with Gasteiger partial charge in [0.15, 0.2) is 5.69 Å². The van der Waals surface area contributed by atoms with Crippen LogP contribution in [0, 0.1) is 0 Å². The molecular weight excluding hydrogens is 572 g/mol. The molecule has 0 saturated heterocycles. The lowest BCUT2D eigenvalue weighted by atomic mass is 9.92. The second kappa shape index (κ2) is 13.9. The first-order valence-corrected chi connectivity index (χ1v) is 15.0. The molecular formula is C34H34N6O5. The lowest BCUT2D eigenvalue weighted by molar-refractivity contribution is 0.0519. The largest absolute Gasteiger partial charge is 0.478 e. The fraction of sp³-hybridized carbons (Fsp3) is 0.294. The zero-order chi connectivity index (χ0) is 31.9. The van der Waals surface area contributed by atoms with Crippen molar-refractivity contribution in [2.24, 2.45) is 5.11 Å². The molecule has 1 atom stereocenters. The Morgan fingerprint density at radius 3 is 2.42 bits per heavy atom. The van der Waals surface area contributed by atoms with Crippen molar-refractivity contribution in [3.05, 3.63) is 117 Å². The van der Waals surface area contributed by atoms with Gasteiger partial charge in [-0.2, -0.15) is 5.10 Å².